The lowest BCUT2D eigenvalue weighted by Crippen LogP contribution is -2.28. The van der Waals surface area contributed by atoms with Gasteiger partial charge in [-0.3, -0.25) is 0 Å². The molecule has 0 amide bonds. The van der Waals surface area contributed by atoms with Gasteiger partial charge in [-0.1, -0.05) is 34.8 Å². The predicted octanol–water partition coefficient (Wildman–Crippen LogP) is 4.24. The Hall–Kier alpha value is -0.150. The molecule has 0 atom stereocenters. The molecule has 0 spiro atoms. The third-order valence-electron chi connectivity index (χ3n) is 2.58. The zero-order chi connectivity index (χ0) is 11.5. The Balaban J connectivity index is 2.14. The lowest BCUT2D eigenvalue weighted by atomic mass is 10.1. The molecule has 2 nitrogen and oxygen atoms in total. The van der Waals surface area contributed by atoms with Crippen LogP contribution >= 0.6 is 34.8 Å². The van der Waals surface area contributed by atoms with Crippen LogP contribution in [-0.4, -0.2) is 19.3 Å². The highest BCUT2D eigenvalue weighted by Crippen LogP contribution is 2.34. The molecule has 16 heavy (non-hydrogen) atoms. The van der Waals surface area contributed by atoms with Gasteiger partial charge in [-0.05, 0) is 25.0 Å². The van der Waals surface area contributed by atoms with E-state index >= 15 is 0 Å². The summed E-state index contributed by atoms with van der Waals surface area (Å²) in [5.41, 5.74) is 0.764. The van der Waals surface area contributed by atoms with Crippen molar-refractivity contribution in [2.45, 2.75) is 18.9 Å². The van der Waals surface area contributed by atoms with Crippen molar-refractivity contribution in [3.05, 3.63) is 27.2 Å². The van der Waals surface area contributed by atoms with Gasteiger partial charge in [0.15, 0.2) is 0 Å². The fourth-order valence-corrected chi connectivity index (χ4v) is 2.65. The van der Waals surface area contributed by atoms with Gasteiger partial charge in [0.25, 0.3) is 0 Å². The molecule has 1 aromatic carbocycles. The van der Waals surface area contributed by atoms with E-state index in [4.69, 9.17) is 39.5 Å². The molecule has 0 bridgehead atoms. The molecule has 1 aromatic rings. The van der Waals surface area contributed by atoms with Crippen LogP contribution in [0.4, 0.5) is 5.69 Å². The summed E-state index contributed by atoms with van der Waals surface area (Å²) >= 11 is 18.0. The maximum atomic E-state index is 6.09. The first-order valence-corrected chi connectivity index (χ1v) is 6.29. The fourth-order valence-electron chi connectivity index (χ4n) is 1.73. The van der Waals surface area contributed by atoms with Gasteiger partial charge in [0, 0.05) is 24.3 Å². The summed E-state index contributed by atoms with van der Waals surface area (Å²) < 4.78 is 5.29. The van der Waals surface area contributed by atoms with Crippen molar-refractivity contribution in [1.82, 2.24) is 0 Å². The Morgan fingerprint density at radius 1 is 1.06 bits per heavy atom. The number of hydrogen-bond acceptors (Lipinski definition) is 2. The average Bonchev–Trinajstić information content (AvgIpc) is 2.25. The number of anilines is 1. The second kappa shape index (κ2) is 5.46. The predicted molar refractivity (Wildman–Crippen MR) is 68.9 cm³/mol. The first kappa shape index (κ1) is 12.3. The minimum Gasteiger partial charge on any atom is -0.381 e. The highest BCUT2D eigenvalue weighted by Gasteiger charge is 2.16. The molecule has 1 N–H and O–H groups in total. The van der Waals surface area contributed by atoms with Crippen molar-refractivity contribution in [1.29, 1.82) is 0 Å². The second-order valence-electron chi connectivity index (χ2n) is 3.78. The number of nitrogens with one attached hydrogen (secondary N) is 1. The Morgan fingerprint density at radius 2 is 1.62 bits per heavy atom. The normalized spacial score (nSPS) is 17.4. The van der Waals surface area contributed by atoms with Crippen LogP contribution in [0.1, 0.15) is 12.8 Å². The van der Waals surface area contributed by atoms with E-state index in [0.29, 0.717) is 21.1 Å². The summed E-state index contributed by atoms with van der Waals surface area (Å²) in [6.45, 7) is 1.56. The van der Waals surface area contributed by atoms with Crippen LogP contribution in [0, 0.1) is 0 Å². The SMILES string of the molecule is Clc1cc(Cl)c(NC2CCOCC2)c(Cl)c1. The van der Waals surface area contributed by atoms with Crippen molar-refractivity contribution in [2.24, 2.45) is 0 Å². The van der Waals surface area contributed by atoms with E-state index in [9.17, 15) is 0 Å². The topological polar surface area (TPSA) is 21.3 Å². The van der Waals surface area contributed by atoms with Gasteiger partial charge in [0.05, 0.1) is 15.7 Å². The first-order chi connectivity index (χ1) is 7.66. The fraction of sp³-hybridized carbons (Fsp3) is 0.455. The highest BCUT2D eigenvalue weighted by atomic mass is 35.5. The van der Waals surface area contributed by atoms with Gasteiger partial charge in [-0.15, -0.1) is 0 Å². The van der Waals surface area contributed by atoms with E-state index in [1.165, 1.54) is 0 Å². The van der Waals surface area contributed by atoms with Crippen molar-refractivity contribution in [3.63, 3.8) is 0 Å². The number of benzene rings is 1. The van der Waals surface area contributed by atoms with Crippen molar-refractivity contribution >= 4 is 40.5 Å². The number of rotatable bonds is 2. The van der Waals surface area contributed by atoms with Gasteiger partial charge < -0.3 is 10.1 Å². The van der Waals surface area contributed by atoms with Crippen molar-refractivity contribution in [2.75, 3.05) is 18.5 Å². The molecule has 1 heterocycles. The van der Waals surface area contributed by atoms with Crippen LogP contribution in [0.25, 0.3) is 0 Å². The van der Waals surface area contributed by atoms with Gasteiger partial charge in [-0.25, -0.2) is 0 Å². The average molecular weight is 281 g/mol. The third-order valence-corrected chi connectivity index (χ3v) is 3.39. The summed E-state index contributed by atoms with van der Waals surface area (Å²) in [5, 5.41) is 5.01. The number of halogens is 3. The van der Waals surface area contributed by atoms with Crippen LogP contribution in [0.3, 0.4) is 0 Å². The zero-order valence-corrected chi connectivity index (χ0v) is 10.9. The van der Waals surface area contributed by atoms with Crippen LogP contribution in [0.5, 0.6) is 0 Å². The molecule has 0 aliphatic carbocycles. The van der Waals surface area contributed by atoms with Crippen molar-refractivity contribution < 1.29 is 4.74 Å². The maximum Gasteiger partial charge on any atom is 0.0722 e. The summed E-state index contributed by atoms with van der Waals surface area (Å²) in [4.78, 5) is 0. The summed E-state index contributed by atoms with van der Waals surface area (Å²) in [5.74, 6) is 0. The van der Waals surface area contributed by atoms with E-state index in [1.54, 1.807) is 12.1 Å². The van der Waals surface area contributed by atoms with E-state index < -0.39 is 0 Å². The van der Waals surface area contributed by atoms with E-state index in [2.05, 4.69) is 5.32 Å². The van der Waals surface area contributed by atoms with Crippen molar-refractivity contribution in [3.8, 4) is 0 Å². The second-order valence-corrected chi connectivity index (χ2v) is 5.03. The molecule has 2 rings (SSSR count). The Kier molecular flexibility index (Phi) is 4.20. The van der Waals surface area contributed by atoms with Crippen LogP contribution in [0.2, 0.25) is 15.1 Å². The standard InChI is InChI=1S/C11H12Cl3NO/c12-7-5-9(13)11(10(14)6-7)15-8-1-3-16-4-2-8/h5-6,8,15H,1-4H2. The van der Waals surface area contributed by atoms with E-state index in [-0.39, 0.29) is 0 Å². The number of ether oxygens (including phenoxy) is 1. The lowest BCUT2D eigenvalue weighted by Gasteiger charge is -2.25. The molecular weight excluding hydrogens is 268 g/mol. The molecule has 1 fully saturated rings. The minimum absolute atomic E-state index is 0.366. The first-order valence-electron chi connectivity index (χ1n) is 5.15. The molecule has 1 saturated heterocycles. The minimum atomic E-state index is 0.366. The van der Waals surface area contributed by atoms with Gasteiger partial charge in [-0.2, -0.15) is 0 Å². The molecule has 0 radical (unpaired) electrons. The maximum absolute atomic E-state index is 6.09. The van der Waals surface area contributed by atoms with Crippen LogP contribution in [-0.2, 0) is 4.74 Å². The van der Waals surface area contributed by atoms with Crippen LogP contribution < -0.4 is 5.32 Å². The molecule has 1 aliphatic rings. The summed E-state index contributed by atoms with van der Waals surface area (Å²) in [7, 11) is 0. The smallest absolute Gasteiger partial charge is 0.0722 e. The molecule has 5 heteroatoms. The largest absolute Gasteiger partial charge is 0.381 e. The highest BCUT2D eigenvalue weighted by molar-refractivity contribution is 6.41. The van der Waals surface area contributed by atoms with Gasteiger partial charge in [0.1, 0.15) is 0 Å². The molecule has 88 valence electrons. The quantitative estimate of drug-likeness (QED) is 0.875. The third kappa shape index (κ3) is 2.95. The molecule has 0 aromatic heterocycles. The Bertz CT molecular complexity index is 354. The monoisotopic (exact) mass is 279 g/mol. The van der Waals surface area contributed by atoms with E-state index in [0.717, 1.165) is 31.7 Å². The van der Waals surface area contributed by atoms with Gasteiger partial charge in [0.2, 0.25) is 0 Å². The molecule has 0 unspecified atom stereocenters. The summed E-state index contributed by atoms with van der Waals surface area (Å²) in [6, 6.07) is 3.75. The Morgan fingerprint density at radius 3 is 2.19 bits per heavy atom. The molecule has 1 aliphatic heterocycles. The Labute approximate surface area is 110 Å². The lowest BCUT2D eigenvalue weighted by molar-refractivity contribution is 0.0904. The zero-order valence-electron chi connectivity index (χ0n) is 8.60. The van der Waals surface area contributed by atoms with Gasteiger partial charge >= 0.3 is 0 Å². The van der Waals surface area contributed by atoms with Crippen LogP contribution in [0.15, 0.2) is 12.1 Å². The molecular formula is C11H12Cl3NO. The number of hydrogen-bond donors (Lipinski definition) is 1. The van der Waals surface area contributed by atoms with E-state index in [1.807, 2.05) is 0 Å². The summed E-state index contributed by atoms with van der Waals surface area (Å²) in [6.07, 6.45) is 1.94. The molecule has 0 saturated carbocycles.